The van der Waals surface area contributed by atoms with Crippen molar-refractivity contribution in [2.45, 2.75) is 51.2 Å². The number of hydrogen-bond donors (Lipinski definition) is 2. The van der Waals surface area contributed by atoms with Gasteiger partial charge in [0.25, 0.3) is 5.91 Å². The van der Waals surface area contributed by atoms with Gasteiger partial charge in [0.1, 0.15) is 11.5 Å². The van der Waals surface area contributed by atoms with Crippen LogP contribution in [0, 0.1) is 0 Å². The fourth-order valence-corrected chi connectivity index (χ4v) is 2.77. The number of rotatable bonds is 2. The summed E-state index contributed by atoms with van der Waals surface area (Å²) in [5.74, 6) is 0.906. The molecule has 0 aromatic carbocycles. The zero-order chi connectivity index (χ0) is 13.4. The first-order chi connectivity index (χ1) is 9.13. The Morgan fingerprint density at radius 2 is 2.37 bits per heavy atom. The molecule has 0 radical (unpaired) electrons. The summed E-state index contributed by atoms with van der Waals surface area (Å²) < 4.78 is 2.04. The van der Waals surface area contributed by atoms with Crippen LogP contribution in [0.5, 0.6) is 0 Å². The van der Waals surface area contributed by atoms with Crippen LogP contribution in [0.4, 0.5) is 0 Å². The van der Waals surface area contributed by atoms with E-state index in [1.165, 1.54) is 0 Å². The van der Waals surface area contributed by atoms with Crippen LogP contribution in [0.3, 0.4) is 0 Å². The minimum Gasteiger partial charge on any atom is -0.352 e. The first kappa shape index (κ1) is 12.2. The molecule has 0 spiro atoms. The third-order valence-corrected chi connectivity index (χ3v) is 3.88. The zero-order valence-electron chi connectivity index (χ0n) is 11.0. The van der Waals surface area contributed by atoms with Gasteiger partial charge in [0.15, 0.2) is 0 Å². The van der Waals surface area contributed by atoms with Gasteiger partial charge in [0, 0.05) is 37.7 Å². The first-order valence-corrected chi connectivity index (χ1v) is 6.80. The molecular weight excluding hydrogens is 244 g/mol. The van der Waals surface area contributed by atoms with Crippen molar-refractivity contribution >= 4 is 11.8 Å². The molecule has 6 nitrogen and oxygen atoms in total. The number of piperidine rings is 1. The highest BCUT2D eigenvalue weighted by atomic mass is 16.2. The molecular formula is C13H18N4O2. The van der Waals surface area contributed by atoms with E-state index in [-0.39, 0.29) is 23.9 Å². The lowest BCUT2D eigenvalue weighted by molar-refractivity contribution is -0.123. The number of imidazole rings is 1. The van der Waals surface area contributed by atoms with Crippen LogP contribution in [0.15, 0.2) is 6.20 Å². The number of aromatic nitrogens is 2. The molecule has 2 amide bonds. The molecule has 0 saturated carbocycles. The Morgan fingerprint density at radius 3 is 3.11 bits per heavy atom. The van der Waals surface area contributed by atoms with E-state index in [0.717, 1.165) is 25.2 Å². The summed E-state index contributed by atoms with van der Waals surface area (Å²) in [5, 5.41) is 5.81. The van der Waals surface area contributed by atoms with E-state index in [4.69, 9.17) is 0 Å². The molecule has 2 atom stereocenters. The Morgan fingerprint density at radius 1 is 1.53 bits per heavy atom. The smallest absolute Gasteiger partial charge is 0.271 e. The van der Waals surface area contributed by atoms with E-state index in [0.29, 0.717) is 18.5 Å². The Hall–Kier alpha value is -1.85. The minimum atomic E-state index is -0.144. The van der Waals surface area contributed by atoms with Crippen molar-refractivity contribution in [3.8, 4) is 0 Å². The van der Waals surface area contributed by atoms with Crippen molar-refractivity contribution in [2.75, 3.05) is 0 Å². The number of aryl methyl sites for hydroxylation is 2. The van der Waals surface area contributed by atoms with Crippen molar-refractivity contribution in [2.24, 2.45) is 0 Å². The number of nitrogens with zero attached hydrogens (tertiary/aromatic N) is 2. The molecule has 3 rings (SSSR count). The lowest BCUT2D eigenvalue weighted by Crippen LogP contribution is -2.54. The molecule has 1 fully saturated rings. The predicted molar refractivity (Wildman–Crippen MR) is 68.6 cm³/mol. The van der Waals surface area contributed by atoms with Gasteiger partial charge in [-0.3, -0.25) is 9.59 Å². The number of carbonyl (C=O) groups is 2. The number of hydrogen-bond acceptors (Lipinski definition) is 3. The van der Waals surface area contributed by atoms with Crippen LogP contribution in [0.2, 0.25) is 0 Å². The fraction of sp³-hybridized carbons (Fsp3) is 0.615. The van der Waals surface area contributed by atoms with Crippen molar-refractivity contribution in [1.29, 1.82) is 0 Å². The molecule has 2 N–H and O–H groups in total. The average Bonchev–Trinajstić information content (AvgIpc) is 2.93. The molecule has 1 saturated heterocycles. The second-order valence-electron chi connectivity index (χ2n) is 5.31. The molecule has 2 aliphatic heterocycles. The van der Waals surface area contributed by atoms with Crippen molar-refractivity contribution in [3.05, 3.63) is 17.7 Å². The Balaban J connectivity index is 1.66. The average molecular weight is 262 g/mol. The molecule has 0 aliphatic carbocycles. The van der Waals surface area contributed by atoms with Gasteiger partial charge < -0.3 is 15.2 Å². The van der Waals surface area contributed by atoms with Crippen molar-refractivity contribution in [3.63, 3.8) is 0 Å². The van der Waals surface area contributed by atoms with Crippen LogP contribution in [-0.2, 0) is 17.8 Å². The molecule has 3 heterocycles. The summed E-state index contributed by atoms with van der Waals surface area (Å²) >= 11 is 0. The maximum atomic E-state index is 12.1. The quantitative estimate of drug-likeness (QED) is 0.801. The predicted octanol–water partition coefficient (Wildman–Crippen LogP) is 0.226. The molecule has 19 heavy (non-hydrogen) atoms. The second kappa shape index (κ2) is 4.68. The van der Waals surface area contributed by atoms with Gasteiger partial charge in [-0.15, -0.1) is 0 Å². The Bertz CT molecular complexity index is 501. The van der Waals surface area contributed by atoms with Gasteiger partial charge in [-0.2, -0.15) is 0 Å². The van der Waals surface area contributed by atoms with E-state index in [1.807, 2.05) is 17.7 Å². The molecule has 6 heteroatoms. The lowest BCUT2D eigenvalue weighted by atomic mass is 9.99. The zero-order valence-corrected chi connectivity index (χ0v) is 11.0. The standard InChI is InChI=1S/C13H18N4O2/c1-8-9(4-5-12(18)14-8)16-13(19)10-7-17-6-2-3-11(17)15-10/h7-9H,2-6H2,1H3,(H,14,18)(H,16,19). The van der Waals surface area contributed by atoms with Gasteiger partial charge >= 0.3 is 0 Å². The Labute approximate surface area is 111 Å². The third-order valence-electron chi connectivity index (χ3n) is 3.88. The van der Waals surface area contributed by atoms with Crippen LogP contribution >= 0.6 is 0 Å². The van der Waals surface area contributed by atoms with Crippen LogP contribution in [0.25, 0.3) is 0 Å². The van der Waals surface area contributed by atoms with E-state index >= 15 is 0 Å². The highest BCUT2D eigenvalue weighted by Crippen LogP contribution is 2.15. The number of fused-ring (bicyclic) bond motifs is 1. The van der Waals surface area contributed by atoms with Crippen LogP contribution in [0.1, 0.15) is 42.5 Å². The fourth-order valence-electron chi connectivity index (χ4n) is 2.77. The third kappa shape index (κ3) is 2.34. The van der Waals surface area contributed by atoms with E-state index in [9.17, 15) is 9.59 Å². The van der Waals surface area contributed by atoms with Crippen molar-refractivity contribution < 1.29 is 9.59 Å². The summed E-state index contributed by atoms with van der Waals surface area (Å²) in [6.45, 7) is 2.86. The van der Waals surface area contributed by atoms with Gasteiger partial charge in [-0.25, -0.2) is 4.98 Å². The normalized spacial score (nSPS) is 25.8. The molecule has 0 bridgehead atoms. The molecule has 1 aromatic heterocycles. The van der Waals surface area contributed by atoms with Gasteiger partial charge in [0.05, 0.1) is 0 Å². The Kier molecular flexibility index (Phi) is 3.00. The van der Waals surface area contributed by atoms with E-state index in [2.05, 4.69) is 15.6 Å². The van der Waals surface area contributed by atoms with Gasteiger partial charge in [0.2, 0.25) is 5.91 Å². The highest BCUT2D eigenvalue weighted by molar-refractivity contribution is 5.92. The van der Waals surface area contributed by atoms with E-state index in [1.54, 1.807) is 0 Å². The molecule has 102 valence electrons. The second-order valence-corrected chi connectivity index (χ2v) is 5.31. The maximum absolute atomic E-state index is 12.1. The number of carbonyl (C=O) groups excluding carboxylic acids is 2. The lowest BCUT2D eigenvalue weighted by Gasteiger charge is -2.29. The molecule has 2 unspecified atom stereocenters. The summed E-state index contributed by atoms with van der Waals surface area (Å²) in [4.78, 5) is 27.7. The molecule has 2 aliphatic rings. The minimum absolute atomic E-state index is 0.0123. The maximum Gasteiger partial charge on any atom is 0.271 e. The summed E-state index contributed by atoms with van der Waals surface area (Å²) in [7, 11) is 0. The highest BCUT2D eigenvalue weighted by Gasteiger charge is 2.27. The van der Waals surface area contributed by atoms with Crippen LogP contribution in [-0.4, -0.2) is 33.4 Å². The van der Waals surface area contributed by atoms with Crippen LogP contribution < -0.4 is 10.6 Å². The first-order valence-electron chi connectivity index (χ1n) is 6.80. The monoisotopic (exact) mass is 262 g/mol. The largest absolute Gasteiger partial charge is 0.352 e. The number of amides is 2. The number of nitrogens with one attached hydrogen (secondary N) is 2. The van der Waals surface area contributed by atoms with Gasteiger partial charge in [-0.05, 0) is 19.8 Å². The summed E-state index contributed by atoms with van der Waals surface area (Å²) in [5.41, 5.74) is 0.485. The molecule has 1 aromatic rings. The summed E-state index contributed by atoms with van der Waals surface area (Å²) in [6, 6.07) is -0.0404. The SMILES string of the molecule is CC1NC(=O)CCC1NC(=O)c1cn2c(n1)CCC2. The van der Waals surface area contributed by atoms with Crippen molar-refractivity contribution in [1.82, 2.24) is 20.2 Å². The summed E-state index contributed by atoms with van der Waals surface area (Å²) in [6.07, 6.45) is 5.03. The van der Waals surface area contributed by atoms with Gasteiger partial charge in [-0.1, -0.05) is 0 Å². The topological polar surface area (TPSA) is 76.0 Å². The van der Waals surface area contributed by atoms with E-state index < -0.39 is 0 Å².